The highest BCUT2D eigenvalue weighted by atomic mass is 35.7. The van der Waals surface area contributed by atoms with Crippen molar-refractivity contribution in [2.75, 3.05) is 6.61 Å². The van der Waals surface area contributed by atoms with Crippen molar-refractivity contribution in [3.05, 3.63) is 0 Å². The SMILES string of the molecule is OCCCCCCCC[SiH](Cl)Cl. The predicted octanol–water partition coefficient (Wildman–Crippen LogP) is 3.02. The molecule has 0 aliphatic rings. The Kier molecular flexibility index (Phi) is 10.5. The first-order valence-electron chi connectivity index (χ1n) is 4.66. The van der Waals surface area contributed by atoms with Gasteiger partial charge in [0.05, 0.1) is 0 Å². The van der Waals surface area contributed by atoms with Gasteiger partial charge in [0.15, 0.2) is 0 Å². The smallest absolute Gasteiger partial charge is 0.237 e. The first-order chi connectivity index (χ1) is 5.77. The summed E-state index contributed by atoms with van der Waals surface area (Å²) in [5.74, 6) is 0. The minimum atomic E-state index is -1.33. The van der Waals surface area contributed by atoms with Gasteiger partial charge in [0.25, 0.3) is 0 Å². The zero-order chi connectivity index (χ0) is 9.23. The highest BCUT2D eigenvalue weighted by molar-refractivity contribution is 7.33. The monoisotopic (exact) mass is 228 g/mol. The number of aliphatic hydroxyl groups is 1. The largest absolute Gasteiger partial charge is 0.396 e. The highest BCUT2D eigenvalue weighted by Crippen LogP contribution is 2.12. The number of hydrogen-bond acceptors (Lipinski definition) is 1. The van der Waals surface area contributed by atoms with E-state index in [0.717, 1.165) is 18.9 Å². The third kappa shape index (κ3) is 10.8. The quantitative estimate of drug-likeness (QED) is 0.385. The van der Waals surface area contributed by atoms with Crippen molar-refractivity contribution >= 4 is 29.6 Å². The fourth-order valence-electron chi connectivity index (χ4n) is 1.12. The summed E-state index contributed by atoms with van der Waals surface area (Å²) in [6, 6.07) is 1.04. The van der Waals surface area contributed by atoms with Gasteiger partial charge in [-0.15, -0.1) is 0 Å². The standard InChI is InChI=1S/C8H18Cl2OSi/c9-12(10)8-6-4-2-1-3-5-7-11/h11-12H,1-8H2. The van der Waals surface area contributed by atoms with Crippen molar-refractivity contribution in [2.24, 2.45) is 0 Å². The van der Waals surface area contributed by atoms with E-state index in [1.165, 1.54) is 25.7 Å². The molecule has 12 heavy (non-hydrogen) atoms. The number of halogens is 2. The lowest BCUT2D eigenvalue weighted by Gasteiger charge is -2.00. The van der Waals surface area contributed by atoms with Crippen LogP contribution in [0.2, 0.25) is 6.04 Å². The van der Waals surface area contributed by atoms with Gasteiger partial charge in [-0.25, -0.2) is 0 Å². The fourth-order valence-corrected chi connectivity index (χ4v) is 2.64. The van der Waals surface area contributed by atoms with Crippen LogP contribution in [0.1, 0.15) is 38.5 Å². The van der Waals surface area contributed by atoms with Crippen molar-refractivity contribution in [1.82, 2.24) is 0 Å². The van der Waals surface area contributed by atoms with E-state index in [1.807, 2.05) is 0 Å². The molecule has 1 nitrogen and oxygen atoms in total. The molecule has 74 valence electrons. The number of unbranched alkanes of at least 4 members (excludes halogenated alkanes) is 5. The fraction of sp³-hybridized carbons (Fsp3) is 1.00. The van der Waals surface area contributed by atoms with Crippen molar-refractivity contribution < 1.29 is 5.11 Å². The lowest BCUT2D eigenvalue weighted by molar-refractivity contribution is 0.282. The predicted molar refractivity (Wildman–Crippen MR) is 58.4 cm³/mol. The van der Waals surface area contributed by atoms with Crippen molar-refractivity contribution in [1.29, 1.82) is 0 Å². The van der Waals surface area contributed by atoms with Crippen LogP contribution in [-0.4, -0.2) is 19.1 Å². The lowest BCUT2D eigenvalue weighted by atomic mass is 10.1. The molecule has 0 saturated heterocycles. The van der Waals surface area contributed by atoms with Crippen LogP contribution >= 0.6 is 22.2 Å². The van der Waals surface area contributed by atoms with Gasteiger partial charge in [-0.2, -0.15) is 22.2 Å². The molecule has 0 aliphatic heterocycles. The molecule has 0 aromatic rings. The van der Waals surface area contributed by atoms with Crippen LogP contribution in [0.3, 0.4) is 0 Å². The Morgan fingerprint density at radius 2 is 1.33 bits per heavy atom. The lowest BCUT2D eigenvalue weighted by Crippen LogP contribution is -1.91. The van der Waals surface area contributed by atoms with Gasteiger partial charge in [0.1, 0.15) is 0 Å². The molecular weight excluding hydrogens is 211 g/mol. The molecule has 0 radical (unpaired) electrons. The molecule has 0 unspecified atom stereocenters. The Bertz CT molecular complexity index is 91.1. The van der Waals surface area contributed by atoms with E-state index in [2.05, 4.69) is 0 Å². The van der Waals surface area contributed by atoms with E-state index in [4.69, 9.17) is 27.3 Å². The van der Waals surface area contributed by atoms with Gasteiger partial charge in [0.2, 0.25) is 7.42 Å². The van der Waals surface area contributed by atoms with Crippen molar-refractivity contribution in [3.63, 3.8) is 0 Å². The van der Waals surface area contributed by atoms with E-state index in [0.29, 0.717) is 6.61 Å². The van der Waals surface area contributed by atoms with Crippen molar-refractivity contribution in [2.45, 2.75) is 44.6 Å². The van der Waals surface area contributed by atoms with Gasteiger partial charge in [-0.05, 0) is 12.5 Å². The first-order valence-corrected chi connectivity index (χ1v) is 8.97. The zero-order valence-electron chi connectivity index (χ0n) is 7.44. The second-order valence-corrected chi connectivity index (χ2v) is 8.22. The van der Waals surface area contributed by atoms with Gasteiger partial charge < -0.3 is 5.11 Å². The summed E-state index contributed by atoms with van der Waals surface area (Å²) in [4.78, 5) is 0. The minimum absolute atomic E-state index is 0.332. The zero-order valence-corrected chi connectivity index (χ0v) is 10.1. The molecule has 0 aromatic carbocycles. The Labute approximate surface area is 86.1 Å². The summed E-state index contributed by atoms with van der Waals surface area (Å²) in [5, 5.41) is 8.51. The number of rotatable bonds is 8. The molecule has 0 heterocycles. The second kappa shape index (κ2) is 9.84. The van der Waals surface area contributed by atoms with Crippen LogP contribution in [0.5, 0.6) is 0 Å². The molecule has 1 N–H and O–H groups in total. The Hall–Kier alpha value is 0.757. The summed E-state index contributed by atoms with van der Waals surface area (Å²) in [6.07, 6.45) is 7.02. The summed E-state index contributed by atoms with van der Waals surface area (Å²) in [5.41, 5.74) is 0. The Balaban J connectivity index is 2.82. The van der Waals surface area contributed by atoms with Crippen LogP contribution in [0.15, 0.2) is 0 Å². The van der Waals surface area contributed by atoms with E-state index >= 15 is 0 Å². The number of aliphatic hydroxyl groups excluding tert-OH is 1. The van der Waals surface area contributed by atoms with Gasteiger partial charge in [-0.3, -0.25) is 0 Å². The molecule has 0 bridgehead atoms. The normalized spacial score (nSPS) is 11.0. The first kappa shape index (κ1) is 12.8. The topological polar surface area (TPSA) is 20.2 Å². The molecule has 0 spiro atoms. The maximum atomic E-state index is 8.51. The van der Waals surface area contributed by atoms with E-state index < -0.39 is 7.42 Å². The van der Waals surface area contributed by atoms with Crippen LogP contribution in [-0.2, 0) is 0 Å². The number of hydrogen-bond donors (Lipinski definition) is 1. The molecular formula is C8H18Cl2OSi. The molecule has 0 amide bonds. The Morgan fingerprint density at radius 1 is 0.833 bits per heavy atom. The van der Waals surface area contributed by atoms with Crippen LogP contribution in [0, 0.1) is 0 Å². The summed E-state index contributed by atoms with van der Waals surface area (Å²) >= 11 is 11.4. The molecule has 0 atom stereocenters. The third-order valence-corrected chi connectivity index (χ3v) is 3.98. The van der Waals surface area contributed by atoms with Crippen LogP contribution < -0.4 is 0 Å². The Morgan fingerprint density at radius 3 is 1.83 bits per heavy atom. The summed E-state index contributed by atoms with van der Waals surface area (Å²) < 4.78 is 0. The van der Waals surface area contributed by atoms with Crippen molar-refractivity contribution in [3.8, 4) is 0 Å². The van der Waals surface area contributed by atoms with E-state index in [-0.39, 0.29) is 0 Å². The summed E-state index contributed by atoms with van der Waals surface area (Å²) in [7, 11) is -1.33. The van der Waals surface area contributed by atoms with Gasteiger partial charge in [0, 0.05) is 6.61 Å². The second-order valence-electron chi connectivity index (χ2n) is 3.02. The average Bonchev–Trinajstić information content (AvgIpc) is 2.02. The maximum Gasteiger partial charge on any atom is 0.237 e. The molecule has 0 saturated carbocycles. The van der Waals surface area contributed by atoms with E-state index in [9.17, 15) is 0 Å². The summed E-state index contributed by atoms with van der Waals surface area (Å²) in [6.45, 7) is 0.332. The molecule has 0 aromatic heterocycles. The van der Waals surface area contributed by atoms with Gasteiger partial charge >= 0.3 is 0 Å². The van der Waals surface area contributed by atoms with E-state index in [1.54, 1.807) is 0 Å². The maximum absolute atomic E-state index is 8.51. The third-order valence-electron chi connectivity index (χ3n) is 1.83. The van der Waals surface area contributed by atoms with Gasteiger partial charge in [-0.1, -0.05) is 32.1 Å². The molecule has 0 rings (SSSR count). The average molecular weight is 229 g/mol. The van der Waals surface area contributed by atoms with Crippen LogP contribution in [0.4, 0.5) is 0 Å². The van der Waals surface area contributed by atoms with Crippen LogP contribution in [0.25, 0.3) is 0 Å². The molecule has 0 aliphatic carbocycles. The molecule has 4 heteroatoms. The minimum Gasteiger partial charge on any atom is -0.396 e. The molecule has 0 fully saturated rings. The highest BCUT2D eigenvalue weighted by Gasteiger charge is 2.00.